The number of rotatable bonds is 15. The van der Waals surface area contributed by atoms with E-state index in [0.717, 1.165) is 0 Å². The summed E-state index contributed by atoms with van der Waals surface area (Å²) in [5.74, 6) is 0.505. The Morgan fingerprint density at radius 2 is 1.11 bits per heavy atom. The number of hydrogen-bond donors (Lipinski definition) is 1. The molecule has 0 heterocycles. The van der Waals surface area contributed by atoms with Crippen molar-refractivity contribution in [2.75, 3.05) is 65.3 Å². The fraction of sp³-hybridized carbons (Fsp3) is 1.00. The minimum absolute atomic E-state index is 0.378. The van der Waals surface area contributed by atoms with Crippen molar-refractivity contribution < 1.29 is 28.8 Å². The molecule has 0 saturated carbocycles. The van der Waals surface area contributed by atoms with Gasteiger partial charge in [-0.3, -0.25) is 0 Å². The molecule has 19 heavy (non-hydrogen) atoms. The Hall–Kier alpha value is 0.0500. The standard InChI is InChI=1S/C12H25ClO6/c1-12(14)19-11-10-18-9-8-17-7-6-16-5-4-15-3-2-13/h12,14H,2-11H2,1H3. The van der Waals surface area contributed by atoms with Crippen LogP contribution in [-0.4, -0.2) is 76.7 Å². The largest absolute Gasteiger partial charge is 0.378 e. The first-order chi connectivity index (χ1) is 9.27. The van der Waals surface area contributed by atoms with E-state index in [1.807, 2.05) is 0 Å². The highest BCUT2D eigenvalue weighted by Gasteiger charge is 1.95. The zero-order valence-electron chi connectivity index (χ0n) is 11.5. The molecule has 0 aromatic carbocycles. The van der Waals surface area contributed by atoms with Crippen molar-refractivity contribution in [2.45, 2.75) is 13.2 Å². The summed E-state index contributed by atoms with van der Waals surface area (Å²) in [5, 5.41) is 8.81. The predicted molar refractivity (Wildman–Crippen MR) is 71.6 cm³/mol. The summed E-state index contributed by atoms with van der Waals surface area (Å²) < 4.78 is 25.8. The highest BCUT2D eigenvalue weighted by Crippen LogP contribution is 1.86. The van der Waals surface area contributed by atoms with E-state index >= 15 is 0 Å². The van der Waals surface area contributed by atoms with Gasteiger partial charge < -0.3 is 28.8 Å². The van der Waals surface area contributed by atoms with Crippen molar-refractivity contribution in [1.29, 1.82) is 0 Å². The minimum Gasteiger partial charge on any atom is -0.378 e. The molecule has 116 valence electrons. The molecule has 0 rings (SSSR count). The Morgan fingerprint density at radius 1 is 0.737 bits per heavy atom. The number of ether oxygens (including phenoxy) is 5. The Kier molecular flexibility index (Phi) is 16.1. The molecule has 0 bridgehead atoms. The SMILES string of the molecule is CC(O)OCCOCCOCCOCCOCCCl. The maximum absolute atomic E-state index is 8.81. The molecule has 1 atom stereocenters. The van der Waals surface area contributed by atoms with Crippen molar-refractivity contribution >= 4 is 11.6 Å². The third-order valence-corrected chi connectivity index (χ3v) is 2.08. The van der Waals surface area contributed by atoms with Crippen LogP contribution in [0.4, 0.5) is 0 Å². The normalized spacial score (nSPS) is 12.8. The van der Waals surface area contributed by atoms with Crippen molar-refractivity contribution in [3.8, 4) is 0 Å². The highest BCUT2D eigenvalue weighted by molar-refractivity contribution is 6.17. The molecule has 6 nitrogen and oxygen atoms in total. The van der Waals surface area contributed by atoms with Gasteiger partial charge in [0.2, 0.25) is 0 Å². The first-order valence-electron chi connectivity index (χ1n) is 6.44. The van der Waals surface area contributed by atoms with Crippen molar-refractivity contribution in [2.24, 2.45) is 0 Å². The van der Waals surface area contributed by atoms with E-state index in [-0.39, 0.29) is 0 Å². The molecular formula is C12H25ClO6. The van der Waals surface area contributed by atoms with E-state index in [1.165, 1.54) is 0 Å². The predicted octanol–water partition coefficient (Wildman–Crippen LogP) is 0.647. The maximum atomic E-state index is 8.81. The summed E-state index contributed by atoms with van der Waals surface area (Å²) in [6.07, 6.45) is -0.745. The van der Waals surface area contributed by atoms with Gasteiger partial charge in [0.15, 0.2) is 6.29 Å². The molecule has 0 aromatic rings. The molecule has 1 unspecified atom stereocenters. The van der Waals surface area contributed by atoms with Crippen LogP contribution in [0.3, 0.4) is 0 Å². The van der Waals surface area contributed by atoms with Crippen LogP contribution in [0.5, 0.6) is 0 Å². The zero-order chi connectivity index (χ0) is 14.2. The first kappa shape index (κ1) is 19.1. The van der Waals surface area contributed by atoms with E-state index in [2.05, 4.69) is 0 Å². The van der Waals surface area contributed by atoms with E-state index < -0.39 is 6.29 Å². The van der Waals surface area contributed by atoms with Crippen LogP contribution in [0.1, 0.15) is 6.92 Å². The van der Waals surface area contributed by atoms with Crippen LogP contribution < -0.4 is 0 Å². The average molecular weight is 301 g/mol. The van der Waals surface area contributed by atoms with Gasteiger partial charge in [0.1, 0.15) is 0 Å². The fourth-order valence-electron chi connectivity index (χ4n) is 1.09. The Balaban J connectivity index is 2.91. The number of hydrogen-bond acceptors (Lipinski definition) is 6. The molecule has 0 aliphatic heterocycles. The third-order valence-electron chi connectivity index (χ3n) is 1.92. The monoisotopic (exact) mass is 300 g/mol. The van der Waals surface area contributed by atoms with Gasteiger partial charge in [0.05, 0.1) is 59.5 Å². The van der Waals surface area contributed by atoms with Crippen LogP contribution >= 0.6 is 11.6 Å². The summed E-state index contributed by atoms with van der Waals surface area (Å²) in [6, 6.07) is 0. The molecule has 0 saturated heterocycles. The highest BCUT2D eigenvalue weighted by atomic mass is 35.5. The number of aliphatic hydroxyl groups excluding tert-OH is 1. The quantitative estimate of drug-likeness (QED) is 0.272. The van der Waals surface area contributed by atoms with Crippen LogP contribution in [0, 0.1) is 0 Å². The lowest BCUT2D eigenvalue weighted by molar-refractivity contribution is -0.102. The smallest absolute Gasteiger partial charge is 0.151 e. The Labute approximate surface area is 119 Å². The summed E-state index contributed by atoms with van der Waals surface area (Å²) in [5.41, 5.74) is 0. The molecule has 0 spiro atoms. The van der Waals surface area contributed by atoms with Crippen LogP contribution in [-0.2, 0) is 23.7 Å². The summed E-state index contributed by atoms with van der Waals surface area (Å²) in [7, 11) is 0. The van der Waals surface area contributed by atoms with Gasteiger partial charge in [-0.05, 0) is 6.92 Å². The number of halogens is 1. The van der Waals surface area contributed by atoms with Crippen LogP contribution in [0.25, 0.3) is 0 Å². The molecule has 1 N–H and O–H groups in total. The second-order valence-corrected chi connectivity index (χ2v) is 3.99. The van der Waals surface area contributed by atoms with Gasteiger partial charge in [-0.1, -0.05) is 0 Å². The van der Waals surface area contributed by atoms with Gasteiger partial charge in [-0.15, -0.1) is 11.6 Å². The molecule has 0 aliphatic carbocycles. The zero-order valence-corrected chi connectivity index (χ0v) is 12.3. The second-order valence-electron chi connectivity index (χ2n) is 3.61. The van der Waals surface area contributed by atoms with Crippen molar-refractivity contribution in [3.63, 3.8) is 0 Å². The molecule has 0 fully saturated rings. The molecule has 0 aromatic heterocycles. The fourth-order valence-corrected chi connectivity index (χ4v) is 1.20. The summed E-state index contributed by atoms with van der Waals surface area (Å²) >= 11 is 5.44. The maximum Gasteiger partial charge on any atom is 0.151 e. The van der Waals surface area contributed by atoms with E-state index in [0.29, 0.717) is 65.3 Å². The molecule has 0 aliphatic rings. The lowest BCUT2D eigenvalue weighted by Gasteiger charge is -2.08. The van der Waals surface area contributed by atoms with E-state index in [9.17, 15) is 0 Å². The molecule has 7 heteroatoms. The molecule has 0 radical (unpaired) electrons. The van der Waals surface area contributed by atoms with E-state index in [4.69, 9.17) is 40.4 Å². The minimum atomic E-state index is -0.745. The van der Waals surface area contributed by atoms with Gasteiger partial charge in [-0.2, -0.15) is 0 Å². The van der Waals surface area contributed by atoms with Crippen LogP contribution in [0.2, 0.25) is 0 Å². The lowest BCUT2D eigenvalue weighted by Crippen LogP contribution is -2.15. The van der Waals surface area contributed by atoms with Crippen molar-refractivity contribution in [3.05, 3.63) is 0 Å². The van der Waals surface area contributed by atoms with Gasteiger partial charge in [0, 0.05) is 5.88 Å². The van der Waals surface area contributed by atoms with Gasteiger partial charge in [0.25, 0.3) is 0 Å². The third kappa shape index (κ3) is 18.1. The molecule has 0 amide bonds. The second kappa shape index (κ2) is 16.1. The van der Waals surface area contributed by atoms with Crippen LogP contribution in [0.15, 0.2) is 0 Å². The number of alkyl halides is 1. The van der Waals surface area contributed by atoms with Crippen molar-refractivity contribution in [1.82, 2.24) is 0 Å². The first-order valence-corrected chi connectivity index (χ1v) is 6.97. The number of aliphatic hydroxyl groups is 1. The lowest BCUT2D eigenvalue weighted by atomic mass is 10.7. The van der Waals surface area contributed by atoms with Gasteiger partial charge in [-0.25, -0.2) is 0 Å². The summed E-state index contributed by atoms with van der Waals surface area (Å²) in [6.45, 7) is 6.13. The summed E-state index contributed by atoms with van der Waals surface area (Å²) in [4.78, 5) is 0. The topological polar surface area (TPSA) is 66.4 Å². The van der Waals surface area contributed by atoms with Gasteiger partial charge >= 0.3 is 0 Å². The van der Waals surface area contributed by atoms with E-state index in [1.54, 1.807) is 6.92 Å². The molecular weight excluding hydrogens is 276 g/mol. The Bertz CT molecular complexity index is 170. The Morgan fingerprint density at radius 3 is 1.47 bits per heavy atom. The average Bonchev–Trinajstić information content (AvgIpc) is 2.39.